The average Bonchev–Trinajstić information content (AvgIpc) is 2.54. The third-order valence-corrected chi connectivity index (χ3v) is 2.89. The van der Waals surface area contributed by atoms with E-state index in [1.54, 1.807) is 13.0 Å². The number of hydrogen-bond donors (Lipinski definition) is 0. The number of benzene rings is 1. The van der Waals surface area contributed by atoms with Crippen molar-refractivity contribution in [3.05, 3.63) is 17.7 Å². The molecular weight excluding hydrogens is 290 g/mol. The van der Waals surface area contributed by atoms with E-state index >= 15 is 0 Å². The van der Waals surface area contributed by atoms with E-state index in [4.69, 9.17) is 14.2 Å². The second-order valence-electron chi connectivity index (χ2n) is 4.11. The van der Waals surface area contributed by atoms with Crippen LogP contribution in [-0.4, -0.2) is 39.7 Å². The van der Waals surface area contributed by atoms with E-state index < -0.39 is 17.7 Å². The lowest BCUT2D eigenvalue weighted by Gasteiger charge is -2.15. The van der Waals surface area contributed by atoms with Gasteiger partial charge in [-0.05, 0) is 24.6 Å². The molecule has 0 aromatic heterocycles. The van der Waals surface area contributed by atoms with Crippen LogP contribution in [0.1, 0.15) is 18.4 Å². The second kappa shape index (κ2) is 7.88. The number of hydrogen-bond acceptors (Lipinski definition) is 7. The van der Waals surface area contributed by atoms with Gasteiger partial charge in [-0.15, -0.1) is 0 Å². The van der Waals surface area contributed by atoms with E-state index in [-0.39, 0.29) is 23.7 Å². The van der Waals surface area contributed by atoms with Gasteiger partial charge in [0.2, 0.25) is 5.75 Å². The average molecular weight is 307 g/mol. The van der Waals surface area contributed by atoms with Gasteiger partial charge in [0, 0.05) is 0 Å². The third-order valence-electron chi connectivity index (χ3n) is 2.89. The molecule has 7 heteroatoms. The first kappa shape index (κ1) is 17.3. The molecule has 1 rings (SSSR count). The Morgan fingerprint density at radius 1 is 1.14 bits per heavy atom. The van der Waals surface area contributed by atoms with Gasteiger partial charge in [0.25, 0.3) is 5.78 Å². The Morgan fingerprint density at radius 2 is 1.68 bits per heavy atom. The molecule has 0 saturated carbocycles. The molecule has 22 heavy (non-hydrogen) atoms. The van der Waals surface area contributed by atoms with Gasteiger partial charge >= 0.3 is 5.97 Å². The SMILES string of the molecule is CCOC(=O)C(=O)C(C#N)c1cc(OC)c(OC)c(OC)c1. The number of nitrogens with zero attached hydrogens (tertiary/aromatic N) is 1. The summed E-state index contributed by atoms with van der Waals surface area (Å²) in [5.74, 6) is -2.41. The minimum absolute atomic E-state index is 0.0535. The van der Waals surface area contributed by atoms with E-state index in [0.29, 0.717) is 5.75 Å². The molecule has 0 amide bonds. The molecule has 1 unspecified atom stereocenters. The molecule has 0 radical (unpaired) electrons. The molecule has 0 saturated heterocycles. The van der Waals surface area contributed by atoms with Gasteiger partial charge in [-0.3, -0.25) is 4.79 Å². The highest BCUT2D eigenvalue weighted by Crippen LogP contribution is 2.40. The summed E-state index contributed by atoms with van der Waals surface area (Å²) in [4.78, 5) is 23.5. The Bertz CT molecular complexity index is 580. The summed E-state index contributed by atoms with van der Waals surface area (Å²) >= 11 is 0. The zero-order valence-electron chi connectivity index (χ0n) is 12.8. The Balaban J connectivity index is 3.31. The molecule has 118 valence electrons. The smallest absolute Gasteiger partial charge is 0.376 e. The number of ether oxygens (including phenoxy) is 4. The van der Waals surface area contributed by atoms with Crippen molar-refractivity contribution in [2.75, 3.05) is 27.9 Å². The van der Waals surface area contributed by atoms with Gasteiger partial charge in [-0.1, -0.05) is 0 Å². The molecule has 0 aliphatic rings. The van der Waals surface area contributed by atoms with Crippen molar-refractivity contribution in [1.82, 2.24) is 0 Å². The van der Waals surface area contributed by atoms with Crippen molar-refractivity contribution in [1.29, 1.82) is 5.26 Å². The summed E-state index contributed by atoms with van der Waals surface area (Å²) in [6.07, 6.45) is 0. The molecule has 1 atom stereocenters. The predicted molar refractivity (Wildman–Crippen MR) is 76.1 cm³/mol. The minimum atomic E-state index is -1.31. The van der Waals surface area contributed by atoms with Crippen LogP contribution in [-0.2, 0) is 14.3 Å². The van der Waals surface area contributed by atoms with E-state index in [0.717, 1.165) is 0 Å². The highest BCUT2D eigenvalue weighted by molar-refractivity contribution is 6.36. The molecule has 1 aromatic carbocycles. The van der Waals surface area contributed by atoms with Crippen molar-refractivity contribution < 1.29 is 28.5 Å². The van der Waals surface area contributed by atoms with Crippen LogP contribution in [0.15, 0.2) is 12.1 Å². The van der Waals surface area contributed by atoms with Crippen molar-refractivity contribution in [2.24, 2.45) is 0 Å². The molecule has 0 spiro atoms. The lowest BCUT2D eigenvalue weighted by molar-refractivity contribution is -0.153. The van der Waals surface area contributed by atoms with E-state index in [1.807, 2.05) is 0 Å². The number of nitriles is 1. The summed E-state index contributed by atoms with van der Waals surface area (Å²) < 4.78 is 20.1. The van der Waals surface area contributed by atoms with Crippen molar-refractivity contribution in [3.63, 3.8) is 0 Å². The fraction of sp³-hybridized carbons (Fsp3) is 0.400. The van der Waals surface area contributed by atoms with Gasteiger partial charge < -0.3 is 18.9 Å². The van der Waals surface area contributed by atoms with E-state index in [9.17, 15) is 14.9 Å². The first-order valence-electron chi connectivity index (χ1n) is 6.44. The number of esters is 1. The summed E-state index contributed by atoms with van der Waals surface area (Å²) in [5, 5.41) is 9.23. The first-order chi connectivity index (χ1) is 10.5. The fourth-order valence-electron chi connectivity index (χ4n) is 1.87. The van der Waals surface area contributed by atoms with E-state index in [2.05, 4.69) is 4.74 Å². The van der Waals surface area contributed by atoms with Gasteiger partial charge in [0.05, 0.1) is 34.0 Å². The first-order valence-corrected chi connectivity index (χ1v) is 6.44. The molecule has 0 aliphatic carbocycles. The zero-order valence-corrected chi connectivity index (χ0v) is 12.8. The van der Waals surface area contributed by atoms with Crippen molar-refractivity contribution in [2.45, 2.75) is 12.8 Å². The molecule has 0 aliphatic heterocycles. The van der Waals surface area contributed by atoms with Crippen LogP contribution in [0.3, 0.4) is 0 Å². The van der Waals surface area contributed by atoms with Gasteiger partial charge in [0.1, 0.15) is 5.92 Å². The van der Waals surface area contributed by atoms with Crippen molar-refractivity contribution >= 4 is 11.8 Å². The molecule has 0 bridgehead atoms. The van der Waals surface area contributed by atoms with Crippen LogP contribution >= 0.6 is 0 Å². The predicted octanol–water partition coefficient (Wildman–Crippen LogP) is 1.45. The summed E-state index contributed by atoms with van der Waals surface area (Å²) in [6, 6.07) is 4.70. The van der Waals surface area contributed by atoms with Crippen LogP contribution in [0, 0.1) is 11.3 Å². The standard InChI is InChI=1S/C15H17NO6/c1-5-22-15(18)13(17)10(8-16)9-6-11(19-2)14(21-4)12(7-9)20-3/h6-7,10H,5H2,1-4H3. The Hall–Kier alpha value is -2.75. The normalized spacial score (nSPS) is 11.0. The van der Waals surface area contributed by atoms with Crippen LogP contribution in [0.25, 0.3) is 0 Å². The number of rotatable bonds is 7. The Kier molecular flexibility index (Phi) is 6.20. The molecule has 7 nitrogen and oxygen atoms in total. The molecule has 0 fully saturated rings. The highest BCUT2D eigenvalue weighted by Gasteiger charge is 2.30. The Morgan fingerprint density at radius 3 is 2.05 bits per heavy atom. The number of methoxy groups -OCH3 is 3. The lowest BCUT2D eigenvalue weighted by atomic mass is 9.95. The summed E-state index contributed by atoms with van der Waals surface area (Å²) in [6.45, 7) is 1.63. The fourth-order valence-corrected chi connectivity index (χ4v) is 1.87. The highest BCUT2D eigenvalue weighted by atomic mass is 16.5. The number of carbonyl (C=O) groups is 2. The quantitative estimate of drug-likeness (QED) is 0.555. The van der Waals surface area contributed by atoms with Crippen LogP contribution in [0.5, 0.6) is 17.2 Å². The lowest BCUT2D eigenvalue weighted by Crippen LogP contribution is -2.23. The number of ketones is 1. The Labute approximate surface area is 128 Å². The topological polar surface area (TPSA) is 94.9 Å². The van der Waals surface area contributed by atoms with Gasteiger partial charge in [-0.25, -0.2) is 4.79 Å². The summed E-state index contributed by atoms with van der Waals surface area (Å²) in [5.41, 5.74) is 0.259. The maximum Gasteiger partial charge on any atom is 0.376 e. The van der Waals surface area contributed by atoms with Crippen LogP contribution in [0.4, 0.5) is 0 Å². The summed E-state index contributed by atoms with van der Waals surface area (Å²) in [7, 11) is 4.26. The van der Waals surface area contributed by atoms with Crippen LogP contribution in [0.2, 0.25) is 0 Å². The molecule has 1 aromatic rings. The number of Topliss-reactive ketones (excluding diaryl/α,β-unsaturated/α-hetero) is 1. The second-order valence-corrected chi connectivity index (χ2v) is 4.11. The van der Waals surface area contributed by atoms with E-state index in [1.165, 1.54) is 33.5 Å². The third kappa shape index (κ3) is 3.47. The molecular formula is C15H17NO6. The maximum atomic E-state index is 12.0. The maximum absolute atomic E-state index is 12.0. The monoisotopic (exact) mass is 307 g/mol. The number of carbonyl (C=O) groups excluding carboxylic acids is 2. The molecule has 0 heterocycles. The van der Waals surface area contributed by atoms with Crippen molar-refractivity contribution in [3.8, 4) is 23.3 Å². The van der Waals surface area contributed by atoms with Gasteiger partial charge in [-0.2, -0.15) is 5.26 Å². The zero-order chi connectivity index (χ0) is 16.7. The molecule has 0 N–H and O–H groups in total. The largest absolute Gasteiger partial charge is 0.493 e. The minimum Gasteiger partial charge on any atom is -0.493 e. The van der Waals surface area contributed by atoms with Gasteiger partial charge in [0.15, 0.2) is 11.5 Å². The van der Waals surface area contributed by atoms with Crippen LogP contribution < -0.4 is 14.2 Å².